The van der Waals surface area contributed by atoms with Crippen LogP contribution in [0.25, 0.3) is 0 Å². The monoisotopic (exact) mass is 434 g/mol. The Hall–Kier alpha value is -1.89. The molecule has 4 rings (SSSR count). The van der Waals surface area contributed by atoms with Crippen molar-refractivity contribution in [2.24, 2.45) is 16.8 Å². The zero-order valence-electron chi connectivity index (χ0n) is 16.1. The van der Waals surface area contributed by atoms with Crippen molar-refractivity contribution < 1.29 is 9.32 Å². The molecule has 1 saturated heterocycles. The Kier molecular flexibility index (Phi) is 6.53. The quantitative estimate of drug-likeness (QED) is 0.629. The molecular formula is C21H24Cl2N4O2. The summed E-state index contributed by atoms with van der Waals surface area (Å²) in [6.07, 6.45) is 6.62. The number of anilines is 1. The maximum absolute atomic E-state index is 11.8. The molecule has 1 aliphatic heterocycles. The summed E-state index contributed by atoms with van der Waals surface area (Å²) in [4.78, 5) is 20.6. The first-order valence-corrected chi connectivity index (χ1v) is 10.8. The fourth-order valence-corrected chi connectivity index (χ4v) is 4.44. The summed E-state index contributed by atoms with van der Waals surface area (Å²) in [5.74, 6) is 0.944. The molecule has 0 atom stereocenters. The molecule has 0 radical (unpaired) electrons. The van der Waals surface area contributed by atoms with Crippen LogP contribution in [0.15, 0.2) is 40.0 Å². The van der Waals surface area contributed by atoms with Gasteiger partial charge in [-0.1, -0.05) is 34.4 Å². The smallest absolute Gasteiger partial charge is 0.315 e. The lowest BCUT2D eigenvalue weighted by atomic mass is 9.74. The van der Waals surface area contributed by atoms with Crippen molar-refractivity contribution >= 4 is 41.0 Å². The van der Waals surface area contributed by atoms with Crippen molar-refractivity contribution in [2.45, 2.75) is 19.3 Å². The number of nitrogens with zero attached hydrogens (tertiary/aromatic N) is 4. The summed E-state index contributed by atoms with van der Waals surface area (Å²) < 4.78 is 4.82. The summed E-state index contributed by atoms with van der Waals surface area (Å²) in [6.45, 7) is 5.11. The molecule has 1 aliphatic carbocycles. The van der Waals surface area contributed by atoms with Gasteiger partial charge in [0.05, 0.1) is 21.9 Å². The van der Waals surface area contributed by atoms with Gasteiger partial charge in [0.25, 0.3) is 0 Å². The second-order valence-electron chi connectivity index (χ2n) is 7.75. The highest BCUT2D eigenvalue weighted by Gasteiger charge is 2.29. The second-order valence-corrected chi connectivity index (χ2v) is 8.53. The van der Waals surface area contributed by atoms with Gasteiger partial charge >= 0.3 is 5.91 Å². The lowest BCUT2D eigenvalue weighted by Gasteiger charge is -2.39. The van der Waals surface area contributed by atoms with Crippen LogP contribution < -0.4 is 4.90 Å². The fourth-order valence-electron chi connectivity index (χ4n) is 4.02. The van der Waals surface area contributed by atoms with Gasteiger partial charge in [-0.05, 0) is 49.8 Å². The Balaban J connectivity index is 1.15. The minimum absolute atomic E-state index is 0.190. The minimum Gasteiger partial charge on any atom is -0.368 e. The zero-order chi connectivity index (χ0) is 20.2. The van der Waals surface area contributed by atoms with Crippen LogP contribution in [0.2, 0.25) is 10.0 Å². The third-order valence-corrected chi connectivity index (χ3v) is 6.63. The van der Waals surface area contributed by atoms with Gasteiger partial charge in [-0.2, -0.15) is 0 Å². The number of piperazine rings is 1. The van der Waals surface area contributed by atoms with Gasteiger partial charge in [0, 0.05) is 38.5 Å². The maximum atomic E-state index is 11.8. The van der Waals surface area contributed by atoms with Crippen LogP contribution in [0.3, 0.4) is 0 Å². The van der Waals surface area contributed by atoms with E-state index in [0.29, 0.717) is 21.9 Å². The van der Waals surface area contributed by atoms with Gasteiger partial charge in [0.15, 0.2) is 0 Å². The lowest BCUT2D eigenvalue weighted by Crippen LogP contribution is -2.47. The van der Waals surface area contributed by atoms with E-state index in [-0.39, 0.29) is 11.7 Å². The molecule has 1 aromatic heterocycles. The third kappa shape index (κ3) is 5.00. The average Bonchev–Trinajstić information content (AvgIpc) is 3.24. The van der Waals surface area contributed by atoms with E-state index < -0.39 is 0 Å². The molecule has 6 nitrogen and oxygen atoms in total. The Bertz CT molecular complexity index is 858. The molecule has 2 aliphatic rings. The highest BCUT2D eigenvalue weighted by atomic mass is 35.5. The highest BCUT2D eigenvalue weighted by molar-refractivity contribution is 6.43. The van der Waals surface area contributed by atoms with Gasteiger partial charge < -0.3 is 9.42 Å². The van der Waals surface area contributed by atoms with E-state index in [1.807, 2.05) is 18.2 Å². The van der Waals surface area contributed by atoms with Crippen molar-refractivity contribution in [1.29, 1.82) is 0 Å². The van der Waals surface area contributed by atoms with Crippen molar-refractivity contribution in [1.82, 2.24) is 10.1 Å². The molecule has 154 valence electrons. The van der Waals surface area contributed by atoms with Gasteiger partial charge in [-0.3, -0.25) is 9.69 Å². The first-order valence-electron chi connectivity index (χ1n) is 10.0. The standard InChI is InChI=1S/C21H24Cl2N4O2/c22-17-2-1-3-18(20(17)23)27-10-8-26(9-11-27)7-5-15-12-16(13-15)14-24-21(28)19-4-6-25-29-19/h1-4,6,14-16H,5,7-13H2/b24-14+. The number of rotatable bonds is 6. The largest absolute Gasteiger partial charge is 0.368 e. The summed E-state index contributed by atoms with van der Waals surface area (Å²) in [5, 5.41) is 4.78. The van der Waals surface area contributed by atoms with Crippen LogP contribution in [0.4, 0.5) is 5.69 Å². The van der Waals surface area contributed by atoms with Crippen LogP contribution >= 0.6 is 23.2 Å². The number of hydrogen-bond acceptors (Lipinski definition) is 5. The van der Waals surface area contributed by atoms with Crippen LogP contribution in [0.5, 0.6) is 0 Å². The van der Waals surface area contributed by atoms with Gasteiger partial charge in [-0.15, -0.1) is 0 Å². The number of hydrogen-bond donors (Lipinski definition) is 0. The molecule has 0 spiro atoms. The summed E-state index contributed by atoms with van der Waals surface area (Å²) in [5.41, 5.74) is 1.03. The molecule has 0 N–H and O–H groups in total. The Morgan fingerprint density at radius 2 is 2.00 bits per heavy atom. The van der Waals surface area contributed by atoms with Gasteiger partial charge in [-0.25, -0.2) is 4.99 Å². The molecular weight excluding hydrogens is 411 g/mol. The van der Waals surface area contributed by atoms with Crippen molar-refractivity contribution in [3.8, 4) is 0 Å². The van der Waals surface area contributed by atoms with Crippen molar-refractivity contribution in [3.63, 3.8) is 0 Å². The molecule has 29 heavy (non-hydrogen) atoms. The number of aliphatic imine (C=N–C) groups is 1. The Morgan fingerprint density at radius 1 is 1.21 bits per heavy atom. The molecule has 1 aromatic carbocycles. The molecule has 1 saturated carbocycles. The first-order chi connectivity index (χ1) is 14.1. The number of benzene rings is 1. The van der Waals surface area contributed by atoms with Crippen LogP contribution in [0.1, 0.15) is 29.8 Å². The second kappa shape index (κ2) is 9.28. The predicted octanol–water partition coefficient (Wildman–Crippen LogP) is 4.43. The van der Waals surface area contributed by atoms with E-state index in [9.17, 15) is 4.79 Å². The maximum Gasteiger partial charge on any atom is 0.315 e. The number of aromatic nitrogens is 1. The topological polar surface area (TPSA) is 61.9 Å². The summed E-state index contributed by atoms with van der Waals surface area (Å²) in [7, 11) is 0. The number of amides is 1. The van der Waals surface area contributed by atoms with E-state index in [1.54, 1.807) is 6.21 Å². The SMILES string of the molecule is O=C(/N=C/C1CC(CCN2CCN(c3cccc(Cl)c3Cl)CC2)C1)c1ccno1. The molecule has 2 heterocycles. The van der Waals surface area contributed by atoms with Gasteiger partial charge in [0.2, 0.25) is 5.76 Å². The summed E-state index contributed by atoms with van der Waals surface area (Å²) >= 11 is 12.5. The fraction of sp³-hybridized carbons (Fsp3) is 0.476. The predicted molar refractivity (Wildman–Crippen MR) is 115 cm³/mol. The van der Waals surface area contributed by atoms with Crippen molar-refractivity contribution in [3.05, 3.63) is 46.3 Å². The van der Waals surface area contributed by atoms with Crippen LogP contribution in [-0.2, 0) is 0 Å². The molecule has 8 heteroatoms. The molecule has 0 unspecified atom stereocenters. The van der Waals surface area contributed by atoms with Crippen LogP contribution in [-0.4, -0.2) is 54.9 Å². The normalized spacial score (nSPS) is 22.8. The Labute approximate surface area is 180 Å². The van der Waals surface area contributed by atoms with Gasteiger partial charge in [0.1, 0.15) is 0 Å². The van der Waals surface area contributed by atoms with E-state index in [4.69, 9.17) is 27.7 Å². The summed E-state index contributed by atoms with van der Waals surface area (Å²) in [6, 6.07) is 7.34. The lowest BCUT2D eigenvalue weighted by molar-refractivity contribution is 0.0966. The van der Waals surface area contributed by atoms with E-state index >= 15 is 0 Å². The van der Waals surface area contributed by atoms with Crippen LogP contribution in [0, 0.1) is 11.8 Å². The first kappa shape index (κ1) is 20.4. The Morgan fingerprint density at radius 3 is 2.72 bits per heavy atom. The highest BCUT2D eigenvalue weighted by Crippen LogP contribution is 2.36. The molecule has 2 fully saturated rings. The number of carbonyl (C=O) groups excluding carboxylic acids is 1. The van der Waals surface area contributed by atoms with E-state index in [1.165, 1.54) is 18.7 Å². The number of halogens is 2. The molecule has 1 amide bonds. The molecule has 0 bridgehead atoms. The zero-order valence-corrected chi connectivity index (χ0v) is 17.6. The minimum atomic E-state index is -0.358. The van der Waals surface area contributed by atoms with E-state index in [2.05, 4.69) is 19.9 Å². The average molecular weight is 435 g/mol. The third-order valence-electron chi connectivity index (χ3n) is 5.82. The van der Waals surface area contributed by atoms with E-state index in [0.717, 1.165) is 51.3 Å². The van der Waals surface area contributed by atoms with Crippen molar-refractivity contribution in [2.75, 3.05) is 37.6 Å². The molecule has 2 aromatic rings. The number of carbonyl (C=O) groups is 1.